The fourth-order valence-electron chi connectivity index (χ4n) is 2.98. The standard InChI is InChI=1S/C19H18N4O3S/c24-16(8-9-17-21-19(22-26-17)15-6-3-11-27-15)20-13-4-1-5-14(12-13)23-10-2-7-18(23)25/h1,3-6,11-12H,2,7-10H2,(H,20,24). The molecule has 7 nitrogen and oxygen atoms in total. The SMILES string of the molecule is O=C(CCc1nc(-c2cccs2)no1)Nc1cccc(N2CCCC2=O)c1. The number of aryl methyl sites for hydroxylation is 1. The summed E-state index contributed by atoms with van der Waals surface area (Å²) in [4.78, 5) is 31.1. The van der Waals surface area contributed by atoms with Crippen molar-refractivity contribution >= 4 is 34.5 Å². The first-order valence-corrected chi connectivity index (χ1v) is 9.64. The van der Waals surface area contributed by atoms with Gasteiger partial charge in [0.05, 0.1) is 4.88 Å². The molecule has 27 heavy (non-hydrogen) atoms. The van der Waals surface area contributed by atoms with Gasteiger partial charge in [0.2, 0.25) is 23.5 Å². The van der Waals surface area contributed by atoms with Gasteiger partial charge in [0, 0.05) is 37.2 Å². The van der Waals surface area contributed by atoms with Gasteiger partial charge in [0.15, 0.2) is 0 Å². The summed E-state index contributed by atoms with van der Waals surface area (Å²) in [7, 11) is 0. The molecule has 1 N–H and O–H groups in total. The van der Waals surface area contributed by atoms with E-state index >= 15 is 0 Å². The van der Waals surface area contributed by atoms with Crippen molar-refractivity contribution in [1.82, 2.24) is 10.1 Å². The lowest BCUT2D eigenvalue weighted by atomic mass is 10.2. The highest BCUT2D eigenvalue weighted by atomic mass is 32.1. The van der Waals surface area contributed by atoms with Crippen molar-refractivity contribution in [2.75, 3.05) is 16.8 Å². The molecular weight excluding hydrogens is 364 g/mol. The lowest BCUT2D eigenvalue weighted by Crippen LogP contribution is -2.23. The highest BCUT2D eigenvalue weighted by molar-refractivity contribution is 7.13. The van der Waals surface area contributed by atoms with E-state index in [0.29, 0.717) is 30.2 Å². The van der Waals surface area contributed by atoms with E-state index in [9.17, 15) is 9.59 Å². The van der Waals surface area contributed by atoms with E-state index in [1.54, 1.807) is 4.90 Å². The van der Waals surface area contributed by atoms with Crippen molar-refractivity contribution in [3.8, 4) is 10.7 Å². The molecule has 0 bridgehead atoms. The summed E-state index contributed by atoms with van der Waals surface area (Å²) < 4.78 is 5.21. The number of carbonyl (C=O) groups is 2. The number of aromatic nitrogens is 2. The Labute approximate surface area is 160 Å². The van der Waals surface area contributed by atoms with Crippen LogP contribution in [-0.4, -0.2) is 28.5 Å². The smallest absolute Gasteiger partial charge is 0.227 e. The average Bonchev–Trinajstić information content (AvgIpc) is 3.41. The van der Waals surface area contributed by atoms with E-state index in [0.717, 1.165) is 23.5 Å². The van der Waals surface area contributed by atoms with Gasteiger partial charge in [-0.05, 0) is 36.1 Å². The number of nitrogens with zero attached hydrogens (tertiary/aromatic N) is 3. The summed E-state index contributed by atoms with van der Waals surface area (Å²) in [6.07, 6.45) is 2.05. The molecule has 3 heterocycles. The van der Waals surface area contributed by atoms with Gasteiger partial charge in [-0.3, -0.25) is 9.59 Å². The molecule has 2 amide bonds. The van der Waals surface area contributed by atoms with Crippen LogP contribution in [0.2, 0.25) is 0 Å². The normalized spacial score (nSPS) is 13.9. The van der Waals surface area contributed by atoms with Gasteiger partial charge in [-0.15, -0.1) is 11.3 Å². The van der Waals surface area contributed by atoms with E-state index in [-0.39, 0.29) is 18.2 Å². The zero-order valence-electron chi connectivity index (χ0n) is 14.6. The van der Waals surface area contributed by atoms with Crippen LogP contribution in [0.1, 0.15) is 25.2 Å². The van der Waals surface area contributed by atoms with E-state index in [1.165, 1.54) is 11.3 Å². The van der Waals surface area contributed by atoms with Crippen molar-refractivity contribution in [1.29, 1.82) is 0 Å². The van der Waals surface area contributed by atoms with E-state index in [1.807, 2.05) is 41.8 Å². The molecule has 138 valence electrons. The van der Waals surface area contributed by atoms with Crippen molar-refractivity contribution in [3.05, 3.63) is 47.7 Å². The average molecular weight is 382 g/mol. The first-order chi connectivity index (χ1) is 13.2. The maximum atomic E-state index is 12.2. The minimum absolute atomic E-state index is 0.122. The molecule has 1 aliphatic heterocycles. The van der Waals surface area contributed by atoms with Crippen LogP contribution in [0.5, 0.6) is 0 Å². The van der Waals surface area contributed by atoms with E-state index in [4.69, 9.17) is 4.52 Å². The number of hydrogen-bond acceptors (Lipinski definition) is 6. The Hall–Kier alpha value is -3.00. The molecule has 0 spiro atoms. The van der Waals surface area contributed by atoms with Crippen molar-refractivity contribution < 1.29 is 14.1 Å². The number of hydrogen-bond donors (Lipinski definition) is 1. The van der Waals surface area contributed by atoms with Gasteiger partial charge in [-0.25, -0.2) is 0 Å². The van der Waals surface area contributed by atoms with Crippen LogP contribution in [0.15, 0.2) is 46.3 Å². The first kappa shape index (κ1) is 17.4. The minimum Gasteiger partial charge on any atom is -0.339 e. The van der Waals surface area contributed by atoms with Crippen LogP contribution in [-0.2, 0) is 16.0 Å². The number of anilines is 2. The van der Waals surface area contributed by atoms with Crippen LogP contribution >= 0.6 is 11.3 Å². The van der Waals surface area contributed by atoms with Gasteiger partial charge in [0.1, 0.15) is 0 Å². The summed E-state index contributed by atoms with van der Waals surface area (Å²) >= 11 is 1.54. The van der Waals surface area contributed by atoms with Crippen LogP contribution in [0.3, 0.4) is 0 Å². The molecule has 1 fully saturated rings. The molecule has 1 saturated heterocycles. The molecule has 0 aliphatic carbocycles. The summed E-state index contributed by atoms with van der Waals surface area (Å²) in [5, 5.41) is 8.75. The maximum absolute atomic E-state index is 12.2. The second kappa shape index (κ2) is 7.71. The quantitative estimate of drug-likeness (QED) is 0.705. The van der Waals surface area contributed by atoms with Gasteiger partial charge >= 0.3 is 0 Å². The first-order valence-electron chi connectivity index (χ1n) is 8.76. The Balaban J connectivity index is 1.34. The number of benzene rings is 1. The number of carbonyl (C=O) groups excluding carboxylic acids is 2. The molecule has 0 saturated carbocycles. The van der Waals surface area contributed by atoms with Gasteiger partial charge < -0.3 is 14.7 Å². The van der Waals surface area contributed by atoms with Gasteiger partial charge in [-0.2, -0.15) is 4.98 Å². The minimum atomic E-state index is -0.143. The summed E-state index contributed by atoms with van der Waals surface area (Å²) in [5.41, 5.74) is 1.48. The predicted octanol–water partition coefficient (Wildman–Crippen LogP) is 3.50. The second-order valence-electron chi connectivity index (χ2n) is 6.24. The molecule has 1 aromatic carbocycles. The molecule has 4 rings (SSSR count). The van der Waals surface area contributed by atoms with Crippen LogP contribution in [0.4, 0.5) is 11.4 Å². The molecule has 0 atom stereocenters. The summed E-state index contributed by atoms with van der Waals surface area (Å²) in [6.45, 7) is 0.722. The Morgan fingerprint density at radius 1 is 1.30 bits per heavy atom. The van der Waals surface area contributed by atoms with Gasteiger partial charge in [-0.1, -0.05) is 17.3 Å². The van der Waals surface area contributed by atoms with E-state index in [2.05, 4.69) is 15.5 Å². The van der Waals surface area contributed by atoms with Crippen LogP contribution < -0.4 is 10.2 Å². The third-order valence-electron chi connectivity index (χ3n) is 4.29. The van der Waals surface area contributed by atoms with Crippen LogP contribution in [0.25, 0.3) is 10.7 Å². The van der Waals surface area contributed by atoms with Gasteiger partial charge in [0.25, 0.3) is 0 Å². The lowest BCUT2D eigenvalue weighted by Gasteiger charge is -2.16. The largest absolute Gasteiger partial charge is 0.339 e. The Morgan fingerprint density at radius 2 is 2.22 bits per heavy atom. The van der Waals surface area contributed by atoms with Crippen molar-refractivity contribution in [2.45, 2.75) is 25.7 Å². The fourth-order valence-corrected chi connectivity index (χ4v) is 3.63. The number of amides is 2. The Morgan fingerprint density at radius 3 is 3.00 bits per heavy atom. The Kier molecular flexibility index (Phi) is 4.97. The molecule has 8 heteroatoms. The molecule has 3 aromatic rings. The van der Waals surface area contributed by atoms with E-state index < -0.39 is 0 Å². The predicted molar refractivity (Wildman–Crippen MR) is 103 cm³/mol. The number of thiophene rings is 1. The molecule has 0 unspecified atom stereocenters. The Bertz CT molecular complexity index is 952. The number of rotatable bonds is 6. The zero-order chi connectivity index (χ0) is 18.6. The third kappa shape index (κ3) is 4.06. The zero-order valence-corrected chi connectivity index (χ0v) is 15.4. The summed E-state index contributed by atoms with van der Waals surface area (Å²) in [6, 6.07) is 11.2. The maximum Gasteiger partial charge on any atom is 0.227 e. The fraction of sp³-hybridized carbons (Fsp3) is 0.263. The highest BCUT2D eigenvalue weighted by Crippen LogP contribution is 2.24. The third-order valence-corrected chi connectivity index (χ3v) is 5.16. The number of nitrogens with one attached hydrogen (secondary N) is 1. The second-order valence-corrected chi connectivity index (χ2v) is 7.18. The van der Waals surface area contributed by atoms with Crippen molar-refractivity contribution in [3.63, 3.8) is 0 Å². The summed E-state index contributed by atoms with van der Waals surface area (Å²) in [5.74, 6) is 0.959. The molecule has 2 aromatic heterocycles. The topological polar surface area (TPSA) is 88.3 Å². The monoisotopic (exact) mass is 382 g/mol. The van der Waals surface area contributed by atoms with Crippen molar-refractivity contribution in [2.24, 2.45) is 0 Å². The van der Waals surface area contributed by atoms with Crippen LogP contribution in [0, 0.1) is 0 Å². The lowest BCUT2D eigenvalue weighted by molar-refractivity contribution is -0.117. The molecule has 0 radical (unpaired) electrons. The highest BCUT2D eigenvalue weighted by Gasteiger charge is 2.21. The molecule has 1 aliphatic rings. The molecular formula is C19H18N4O3S.